The third-order valence-corrected chi connectivity index (χ3v) is 11.5. The number of methoxy groups -OCH3 is 1. The Kier molecular flexibility index (Phi) is 12.4. The Morgan fingerprint density at radius 3 is 2.59 bits per heavy atom. The van der Waals surface area contributed by atoms with E-state index in [1.807, 2.05) is 29.2 Å². The second kappa shape index (κ2) is 17.6. The summed E-state index contributed by atoms with van der Waals surface area (Å²) in [5.74, 6) is -4.73. The highest BCUT2D eigenvalue weighted by atomic mass is 19.3. The van der Waals surface area contributed by atoms with E-state index >= 15 is 8.78 Å². The number of aromatic nitrogens is 2. The van der Waals surface area contributed by atoms with E-state index in [4.69, 9.17) is 9.47 Å². The molecule has 4 N–H and O–H groups in total. The van der Waals surface area contributed by atoms with Gasteiger partial charge in [0.25, 0.3) is 11.8 Å². The maximum absolute atomic E-state index is 15.0. The molecule has 2 saturated heterocycles. The predicted molar refractivity (Wildman–Crippen MR) is 211 cm³/mol. The molecular weight excluding hydrogens is 754 g/mol. The number of piperidine rings is 2. The molecule has 2 aromatic carbocycles. The van der Waals surface area contributed by atoms with Crippen LogP contribution in [-0.2, 0) is 14.4 Å². The number of carbonyl (C=O) groups excluding carboxylic acids is 4. The van der Waals surface area contributed by atoms with Gasteiger partial charge in [-0.25, -0.2) is 4.98 Å². The van der Waals surface area contributed by atoms with Crippen LogP contribution in [0.25, 0.3) is 0 Å². The van der Waals surface area contributed by atoms with Gasteiger partial charge in [0.05, 0.1) is 38.1 Å². The van der Waals surface area contributed by atoms with Crippen molar-refractivity contribution in [3.8, 4) is 11.5 Å². The number of alkyl halides is 2. The van der Waals surface area contributed by atoms with E-state index < -0.39 is 24.6 Å². The molecule has 310 valence electrons. The maximum atomic E-state index is 15.0. The first kappa shape index (κ1) is 40.8. The Hall–Kier alpha value is -5.42. The van der Waals surface area contributed by atoms with E-state index in [1.165, 1.54) is 20.4 Å². The molecule has 15 nitrogen and oxygen atoms in total. The number of nitrogens with zero attached hydrogens (tertiary/aromatic N) is 5. The Morgan fingerprint density at radius 1 is 1.07 bits per heavy atom. The fraction of sp³-hybridized carbons (Fsp3) is 0.512. The first-order chi connectivity index (χ1) is 27.9. The Bertz CT molecular complexity index is 2010. The van der Waals surface area contributed by atoms with Crippen LogP contribution in [0.15, 0.2) is 48.7 Å². The number of hydrogen-bond donors (Lipinski definition) is 4. The molecule has 3 aliphatic heterocycles. The Morgan fingerprint density at radius 2 is 1.84 bits per heavy atom. The van der Waals surface area contributed by atoms with Crippen LogP contribution in [-0.4, -0.2) is 108 Å². The minimum absolute atomic E-state index is 0.0899. The highest BCUT2D eigenvalue weighted by Gasteiger charge is 2.49. The van der Waals surface area contributed by atoms with Crippen LogP contribution in [0.5, 0.6) is 11.5 Å². The molecule has 4 amide bonds. The largest absolute Gasteiger partial charge is 0.495 e. The highest BCUT2D eigenvalue weighted by Crippen LogP contribution is 2.40. The number of ether oxygens (including phenoxy) is 2. The molecule has 0 radical (unpaired) electrons. The number of aliphatic hydroxyl groups excluding tert-OH is 1. The zero-order chi connectivity index (χ0) is 41.0. The summed E-state index contributed by atoms with van der Waals surface area (Å²) in [5, 5.41) is 19.5. The molecule has 58 heavy (non-hydrogen) atoms. The lowest BCUT2D eigenvalue weighted by Crippen LogP contribution is -2.48. The van der Waals surface area contributed by atoms with Crippen molar-refractivity contribution >= 4 is 46.8 Å². The third kappa shape index (κ3) is 9.15. The predicted octanol–water partition coefficient (Wildman–Crippen LogP) is 4.48. The van der Waals surface area contributed by atoms with Crippen molar-refractivity contribution in [3.63, 3.8) is 0 Å². The monoisotopic (exact) mass is 804 g/mol. The fourth-order valence-electron chi connectivity index (χ4n) is 8.24. The number of fused-ring (bicyclic) bond motifs is 1. The summed E-state index contributed by atoms with van der Waals surface area (Å²) in [6.45, 7) is 0.836. The van der Waals surface area contributed by atoms with Crippen molar-refractivity contribution in [1.29, 1.82) is 0 Å². The SMILES string of the molecule is COc1cc(C(=O)NC2CCN(C(O)CCCOc3cccc(C4CCC(=O)NC4=O)c3)CC2)ccc1Nc1ncc2c(n1)N(C1CCCC1)CC(F)(F)C(=O)N2C. The van der Waals surface area contributed by atoms with Gasteiger partial charge < -0.3 is 35.0 Å². The molecule has 7 rings (SSSR count). The normalized spacial score (nSPS) is 20.9. The molecule has 1 saturated carbocycles. The van der Waals surface area contributed by atoms with Gasteiger partial charge in [-0.1, -0.05) is 25.0 Å². The van der Waals surface area contributed by atoms with Gasteiger partial charge in [0.1, 0.15) is 23.4 Å². The van der Waals surface area contributed by atoms with E-state index in [0.717, 1.165) is 36.1 Å². The van der Waals surface area contributed by atoms with E-state index in [-0.39, 0.29) is 53.2 Å². The zero-order valence-corrected chi connectivity index (χ0v) is 32.7. The summed E-state index contributed by atoms with van der Waals surface area (Å²) in [6, 6.07) is 12.0. The van der Waals surface area contributed by atoms with Gasteiger partial charge in [-0.3, -0.25) is 29.4 Å². The lowest BCUT2D eigenvalue weighted by molar-refractivity contribution is -0.140. The number of likely N-dealkylation sites (tertiary alicyclic amines) is 1. The lowest BCUT2D eigenvalue weighted by Gasteiger charge is -2.35. The van der Waals surface area contributed by atoms with Crippen LogP contribution >= 0.6 is 0 Å². The molecule has 4 heterocycles. The summed E-state index contributed by atoms with van der Waals surface area (Å²) >= 11 is 0. The third-order valence-electron chi connectivity index (χ3n) is 11.5. The highest BCUT2D eigenvalue weighted by molar-refractivity contribution is 6.02. The number of anilines is 4. The van der Waals surface area contributed by atoms with Gasteiger partial charge in [-0.2, -0.15) is 13.8 Å². The van der Waals surface area contributed by atoms with Crippen molar-refractivity contribution in [3.05, 3.63) is 59.8 Å². The number of imide groups is 1. The molecule has 3 fully saturated rings. The zero-order valence-electron chi connectivity index (χ0n) is 32.7. The van der Waals surface area contributed by atoms with E-state index in [2.05, 4.69) is 25.9 Å². The number of nitrogens with one attached hydrogen (secondary N) is 3. The van der Waals surface area contributed by atoms with E-state index in [1.54, 1.807) is 23.1 Å². The summed E-state index contributed by atoms with van der Waals surface area (Å²) in [6.07, 6.45) is 7.19. The van der Waals surface area contributed by atoms with Crippen molar-refractivity contribution in [2.45, 2.75) is 94.4 Å². The summed E-state index contributed by atoms with van der Waals surface area (Å²) in [5.41, 5.74) is 1.85. The van der Waals surface area contributed by atoms with Crippen LogP contribution in [0.2, 0.25) is 0 Å². The molecule has 0 spiro atoms. The number of carbonyl (C=O) groups is 4. The molecular formula is C41H50F2N8O7. The van der Waals surface area contributed by atoms with Crippen molar-refractivity contribution in [1.82, 2.24) is 25.5 Å². The number of rotatable bonds is 13. The van der Waals surface area contributed by atoms with Gasteiger partial charge in [0.15, 0.2) is 5.82 Å². The van der Waals surface area contributed by atoms with Crippen molar-refractivity contribution < 1.29 is 42.5 Å². The van der Waals surface area contributed by atoms with Crippen molar-refractivity contribution in [2.75, 3.05) is 55.5 Å². The molecule has 17 heteroatoms. The van der Waals surface area contributed by atoms with Crippen LogP contribution in [0.3, 0.4) is 0 Å². The summed E-state index contributed by atoms with van der Waals surface area (Å²) in [7, 11) is 2.78. The van der Waals surface area contributed by atoms with Crippen LogP contribution in [0, 0.1) is 0 Å². The van der Waals surface area contributed by atoms with Gasteiger partial charge in [-0.05, 0) is 80.8 Å². The molecule has 0 bridgehead atoms. The Labute approximate surface area is 335 Å². The second-order valence-corrected chi connectivity index (χ2v) is 15.4. The van der Waals surface area contributed by atoms with Crippen LogP contribution in [0.1, 0.15) is 86.0 Å². The number of halogens is 2. The minimum Gasteiger partial charge on any atom is -0.495 e. The van der Waals surface area contributed by atoms with Gasteiger partial charge in [0, 0.05) is 44.2 Å². The van der Waals surface area contributed by atoms with Gasteiger partial charge in [0.2, 0.25) is 17.8 Å². The topological polar surface area (TPSA) is 179 Å². The second-order valence-electron chi connectivity index (χ2n) is 15.4. The van der Waals surface area contributed by atoms with Crippen molar-refractivity contribution in [2.24, 2.45) is 0 Å². The number of amides is 4. The molecule has 2 unspecified atom stereocenters. The Balaban J connectivity index is 0.891. The molecule has 3 aromatic rings. The number of aliphatic hydroxyl groups is 1. The first-order valence-corrected chi connectivity index (χ1v) is 19.9. The van der Waals surface area contributed by atoms with E-state index in [9.17, 15) is 24.3 Å². The average molecular weight is 805 g/mol. The van der Waals surface area contributed by atoms with Gasteiger partial charge >= 0.3 is 5.92 Å². The quantitative estimate of drug-likeness (QED) is 0.141. The fourth-order valence-corrected chi connectivity index (χ4v) is 8.24. The molecule has 4 aliphatic rings. The molecule has 1 aliphatic carbocycles. The molecule has 1 aromatic heterocycles. The number of benzene rings is 2. The van der Waals surface area contributed by atoms with E-state index in [0.29, 0.717) is 81.0 Å². The standard InChI is InChI=1S/C41H50F2N8O7/c1-49-32-23-44-40(48-36(32)51(28-8-3-4-9-28)24-41(42,43)39(49)56)46-31-14-12-26(22-33(31)57-2)37(54)45-27-16-18-50(19-17-27)35(53)11-6-20-58-29-10-5-7-25(21-29)30-13-15-34(52)47-38(30)55/h5,7,10,12,14,21-23,27-28,30,35,53H,3-4,6,8-9,11,13,15-20,24H2,1-2H3,(H,45,54)(H,44,46,48)(H,47,52,55). The molecule has 2 atom stereocenters. The van der Waals surface area contributed by atoms with Crippen LogP contribution in [0.4, 0.5) is 31.9 Å². The summed E-state index contributed by atoms with van der Waals surface area (Å²) < 4.78 is 41.5. The first-order valence-electron chi connectivity index (χ1n) is 19.9. The smallest absolute Gasteiger partial charge is 0.342 e. The minimum atomic E-state index is -3.58. The van der Waals surface area contributed by atoms with Crippen LogP contribution < -0.4 is 35.2 Å². The lowest BCUT2D eigenvalue weighted by atomic mass is 9.90. The van der Waals surface area contributed by atoms with Gasteiger partial charge in [-0.15, -0.1) is 0 Å². The average Bonchev–Trinajstić information content (AvgIpc) is 3.74. The number of hydrogen-bond acceptors (Lipinski definition) is 12. The maximum Gasteiger partial charge on any atom is 0.342 e. The summed E-state index contributed by atoms with van der Waals surface area (Å²) in [4.78, 5) is 63.2.